The number of benzene rings is 1. The van der Waals surface area contributed by atoms with Crippen molar-refractivity contribution < 1.29 is 14.5 Å². The maximum atomic E-state index is 10.9. The van der Waals surface area contributed by atoms with Crippen molar-refractivity contribution >= 4 is 11.7 Å². The van der Waals surface area contributed by atoms with Crippen LogP contribution in [0.3, 0.4) is 0 Å². The van der Waals surface area contributed by atoms with Crippen LogP contribution in [0.15, 0.2) is 29.4 Å². The van der Waals surface area contributed by atoms with Crippen molar-refractivity contribution in [1.29, 1.82) is 0 Å². The first kappa shape index (κ1) is 13.5. The van der Waals surface area contributed by atoms with E-state index in [0.29, 0.717) is 5.56 Å². The number of azide groups is 1. The van der Waals surface area contributed by atoms with Gasteiger partial charge in [0, 0.05) is 24.0 Å². The number of esters is 1. The zero-order valence-electron chi connectivity index (χ0n) is 9.52. The Labute approximate surface area is 102 Å². The molecular weight excluding hydrogens is 240 g/mol. The summed E-state index contributed by atoms with van der Waals surface area (Å²) >= 11 is 0. The molecule has 1 aromatic rings. The zero-order chi connectivity index (χ0) is 13.5. The summed E-state index contributed by atoms with van der Waals surface area (Å²) in [4.78, 5) is 23.4. The quantitative estimate of drug-likeness (QED) is 0.199. The Balaban J connectivity index is 2.93. The fraction of sp³-hybridized carbons (Fsp3) is 0.300. The topological polar surface area (TPSA) is 118 Å². The lowest BCUT2D eigenvalue weighted by atomic mass is 10.1. The van der Waals surface area contributed by atoms with Crippen molar-refractivity contribution in [3.8, 4) is 0 Å². The van der Waals surface area contributed by atoms with Crippen LogP contribution in [-0.2, 0) is 9.53 Å². The van der Waals surface area contributed by atoms with Crippen LogP contribution in [0.2, 0.25) is 0 Å². The van der Waals surface area contributed by atoms with E-state index in [4.69, 9.17) is 10.3 Å². The highest BCUT2D eigenvalue weighted by atomic mass is 16.6. The molecule has 94 valence electrons. The molecule has 8 heteroatoms. The van der Waals surface area contributed by atoms with Gasteiger partial charge in [0.2, 0.25) is 0 Å². The summed E-state index contributed by atoms with van der Waals surface area (Å²) < 4.78 is 4.97. The molecule has 0 aliphatic carbocycles. The number of carbonyl (C=O) groups excluding carboxylic acids is 1. The van der Waals surface area contributed by atoms with Gasteiger partial charge in [-0.1, -0.05) is 5.11 Å². The number of nitro groups is 1. The Morgan fingerprint density at radius 2 is 2.17 bits per heavy atom. The molecule has 0 aliphatic heterocycles. The third-order valence-electron chi connectivity index (χ3n) is 2.09. The zero-order valence-corrected chi connectivity index (χ0v) is 9.52. The average molecular weight is 250 g/mol. The van der Waals surface area contributed by atoms with Crippen molar-refractivity contribution in [3.05, 3.63) is 50.4 Å². The van der Waals surface area contributed by atoms with Crippen LogP contribution in [0.25, 0.3) is 10.4 Å². The van der Waals surface area contributed by atoms with Gasteiger partial charge in [-0.25, -0.2) is 0 Å². The molecule has 1 rings (SSSR count). The Morgan fingerprint density at radius 1 is 1.56 bits per heavy atom. The summed E-state index contributed by atoms with van der Waals surface area (Å²) in [6.45, 7) is 1.17. The molecule has 0 radical (unpaired) electrons. The van der Waals surface area contributed by atoms with E-state index in [2.05, 4.69) is 10.0 Å². The summed E-state index contributed by atoms with van der Waals surface area (Å²) in [5, 5.41) is 13.8. The van der Waals surface area contributed by atoms with Gasteiger partial charge in [-0.15, -0.1) is 0 Å². The van der Waals surface area contributed by atoms with Gasteiger partial charge in [-0.05, 0) is 23.2 Å². The monoisotopic (exact) mass is 250 g/mol. The standard InChI is InChI=1S/C10H10N4O4/c1-7(15)18-10(6-12-13-11)8-2-4-9(5-3-8)14(16)17/h2-5,10H,6H2,1H3. The van der Waals surface area contributed by atoms with E-state index in [1.807, 2.05) is 0 Å². The van der Waals surface area contributed by atoms with Crippen LogP contribution in [-0.4, -0.2) is 17.4 Å². The molecule has 0 fully saturated rings. The Kier molecular flexibility index (Phi) is 4.65. The fourth-order valence-electron chi connectivity index (χ4n) is 1.33. The fourth-order valence-corrected chi connectivity index (χ4v) is 1.33. The number of ether oxygens (including phenoxy) is 1. The summed E-state index contributed by atoms with van der Waals surface area (Å²) in [5.41, 5.74) is 8.71. The molecule has 1 unspecified atom stereocenters. The van der Waals surface area contributed by atoms with Crippen LogP contribution in [0.5, 0.6) is 0 Å². The Morgan fingerprint density at radius 3 is 2.61 bits per heavy atom. The highest BCUT2D eigenvalue weighted by Gasteiger charge is 2.15. The van der Waals surface area contributed by atoms with Crippen LogP contribution in [0.1, 0.15) is 18.6 Å². The molecule has 0 aliphatic rings. The average Bonchev–Trinajstić information content (AvgIpc) is 2.34. The normalized spacial score (nSPS) is 11.2. The first-order valence-electron chi connectivity index (χ1n) is 4.97. The number of nitrogens with zero attached hydrogens (tertiary/aromatic N) is 4. The van der Waals surface area contributed by atoms with E-state index < -0.39 is 17.0 Å². The molecule has 1 aromatic carbocycles. The van der Waals surface area contributed by atoms with Gasteiger partial charge in [0.05, 0.1) is 11.5 Å². The van der Waals surface area contributed by atoms with Crippen LogP contribution in [0, 0.1) is 10.1 Å². The molecular formula is C10H10N4O4. The third-order valence-corrected chi connectivity index (χ3v) is 2.09. The predicted octanol–water partition coefficient (Wildman–Crippen LogP) is 2.51. The minimum Gasteiger partial charge on any atom is -0.458 e. The number of hydrogen-bond donors (Lipinski definition) is 0. The summed E-state index contributed by atoms with van der Waals surface area (Å²) in [5.74, 6) is -0.522. The molecule has 8 nitrogen and oxygen atoms in total. The molecule has 0 spiro atoms. The summed E-state index contributed by atoms with van der Waals surface area (Å²) in [6.07, 6.45) is -0.737. The molecule has 0 saturated heterocycles. The maximum Gasteiger partial charge on any atom is 0.303 e. The van der Waals surface area contributed by atoms with E-state index in [0.717, 1.165) is 0 Å². The SMILES string of the molecule is CC(=O)OC(CN=[N+]=[N-])c1ccc([N+](=O)[O-])cc1. The van der Waals surface area contributed by atoms with Crippen molar-refractivity contribution in [1.82, 2.24) is 0 Å². The predicted molar refractivity (Wildman–Crippen MR) is 61.6 cm³/mol. The maximum absolute atomic E-state index is 10.9. The molecule has 0 amide bonds. The van der Waals surface area contributed by atoms with Gasteiger partial charge in [0.25, 0.3) is 5.69 Å². The molecule has 0 bridgehead atoms. The van der Waals surface area contributed by atoms with E-state index in [1.165, 1.54) is 31.2 Å². The molecule has 0 N–H and O–H groups in total. The second-order valence-corrected chi connectivity index (χ2v) is 3.36. The lowest BCUT2D eigenvalue weighted by Crippen LogP contribution is -2.11. The van der Waals surface area contributed by atoms with Gasteiger partial charge in [0.15, 0.2) is 0 Å². The van der Waals surface area contributed by atoms with Gasteiger partial charge < -0.3 is 4.74 Å². The lowest BCUT2D eigenvalue weighted by molar-refractivity contribution is -0.384. The van der Waals surface area contributed by atoms with Crippen molar-refractivity contribution in [2.24, 2.45) is 5.11 Å². The van der Waals surface area contributed by atoms with Gasteiger partial charge in [0.1, 0.15) is 6.10 Å². The van der Waals surface area contributed by atoms with Gasteiger partial charge in [-0.3, -0.25) is 14.9 Å². The van der Waals surface area contributed by atoms with E-state index in [9.17, 15) is 14.9 Å². The lowest BCUT2D eigenvalue weighted by Gasteiger charge is -2.14. The molecule has 0 heterocycles. The first-order valence-corrected chi connectivity index (χ1v) is 4.97. The van der Waals surface area contributed by atoms with E-state index >= 15 is 0 Å². The number of non-ortho nitro benzene ring substituents is 1. The van der Waals surface area contributed by atoms with Crippen molar-refractivity contribution in [2.45, 2.75) is 13.0 Å². The molecule has 0 saturated carbocycles. The molecule has 0 aromatic heterocycles. The van der Waals surface area contributed by atoms with Crippen molar-refractivity contribution in [2.75, 3.05) is 6.54 Å². The smallest absolute Gasteiger partial charge is 0.303 e. The first-order chi connectivity index (χ1) is 8.54. The summed E-state index contributed by atoms with van der Waals surface area (Å²) in [7, 11) is 0. The third kappa shape index (κ3) is 3.76. The second-order valence-electron chi connectivity index (χ2n) is 3.36. The molecule has 1 atom stereocenters. The van der Waals surface area contributed by atoms with E-state index in [1.54, 1.807) is 0 Å². The minimum absolute atomic E-state index is 0.0616. The van der Waals surface area contributed by atoms with E-state index in [-0.39, 0.29) is 12.2 Å². The van der Waals surface area contributed by atoms with Crippen molar-refractivity contribution in [3.63, 3.8) is 0 Å². The Hall–Kier alpha value is -2.60. The van der Waals surface area contributed by atoms with Crippen LogP contribution in [0.4, 0.5) is 5.69 Å². The van der Waals surface area contributed by atoms with Gasteiger partial charge >= 0.3 is 5.97 Å². The Bertz CT molecular complexity index is 489. The highest BCUT2D eigenvalue weighted by Crippen LogP contribution is 2.21. The summed E-state index contributed by atoms with van der Waals surface area (Å²) in [6, 6.07) is 5.50. The number of rotatable bonds is 5. The minimum atomic E-state index is -0.737. The molecule has 18 heavy (non-hydrogen) atoms. The van der Waals surface area contributed by atoms with Gasteiger partial charge in [-0.2, -0.15) is 0 Å². The van der Waals surface area contributed by atoms with Crippen LogP contribution >= 0.6 is 0 Å². The largest absolute Gasteiger partial charge is 0.458 e. The number of hydrogen-bond acceptors (Lipinski definition) is 5. The number of carbonyl (C=O) groups is 1. The van der Waals surface area contributed by atoms with Crippen LogP contribution < -0.4 is 0 Å². The number of nitro benzene ring substituents is 1. The highest BCUT2D eigenvalue weighted by molar-refractivity contribution is 5.66. The second kappa shape index (κ2) is 6.21.